The zero-order valence-corrected chi connectivity index (χ0v) is 16.7. The van der Waals surface area contributed by atoms with Crippen LogP contribution in [0.5, 0.6) is 0 Å². The number of hydrogen-bond acceptors (Lipinski definition) is 5. The van der Waals surface area contributed by atoms with Crippen molar-refractivity contribution in [3.63, 3.8) is 0 Å². The number of benzene rings is 2. The average molecular weight is 384 g/mol. The second-order valence-electron chi connectivity index (χ2n) is 7.70. The molecule has 29 heavy (non-hydrogen) atoms. The highest BCUT2D eigenvalue weighted by atomic mass is 15.3. The molecule has 1 aliphatic heterocycles. The minimum Gasteiger partial charge on any atom is -0.338 e. The van der Waals surface area contributed by atoms with Crippen molar-refractivity contribution in [1.82, 2.24) is 19.5 Å². The molecule has 0 saturated heterocycles. The summed E-state index contributed by atoms with van der Waals surface area (Å²) in [6, 6.07) is 19.0. The summed E-state index contributed by atoms with van der Waals surface area (Å²) in [5, 5.41) is 3.40. The molecular formula is C23H24N6. The van der Waals surface area contributed by atoms with Gasteiger partial charge in [-0.25, -0.2) is 15.0 Å². The van der Waals surface area contributed by atoms with Crippen LogP contribution < -0.4 is 10.2 Å². The number of nitrogens with one attached hydrogen (secondary N) is 1. The average Bonchev–Trinajstić information content (AvgIpc) is 3.15. The first-order valence-electron chi connectivity index (χ1n) is 10.1. The summed E-state index contributed by atoms with van der Waals surface area (Å²) in [6.07, 6.45) is 2.64. The van der Waals surface area contributed by atoms with Crippen LogP contribution in [0, 0.1) is 0 Å². The third kappa shape index (κ3) is 3.20. The number of nitrogens with zero attached hydrogens (tertiary/aromatic N) is 5. The first-order chi connectivity index (χ1) is 14.2. The van der Waals surface area contributed by atoms with Crippen LogP contribution in [0.25, 0.3) is 11.2 Å². The molecule has 0 fully saturated rings. The number of fused-ring (bicyclic) bond motifs is 2. The molecule has 0 radical (unpaired) electrons. The quantitative estimate of drug-likeness (QED) is 0.552. The number of para-hydroxylation sites is 1. The van der Waals surface area contributed by atoms with E-state index >= 15 is 0 Å². The van der Waals surface area contributed by atoms with Gasteiger partial charge in [0.1, 0.15) is 6.33 Å². The monoisotopic (exact) mass is 384 g/mol. The Morgan fingerprint density at radius 2 is 1.69 bits per heavy atom. The molecular weight excluding hydrogens is 360 g/mol. The summed E-state index contributed by atoms with van der Waals surface area (Å²) in [4.78, 5) is 16.5. The first kappa shape index (κ1) is 17.7. The molecule has 0 atom stereocenters. The Balaban J connectivity index is 1.59. The summed E-state index contributed by atoms with van der Waals surface area (Å²) in [5.74, 6) is 1.69. The van der Waals surface area contributed by atoms with Crippen LogP contribution >= 0.6 is 0 Å². The van der Waals surface area contributed by atoms with E-state index in [9.17, 15) is 0 Å². The van der Waals surface area contributed by atoms with Gasteiger partial charge < -0.3 is 10.2 Å². The lowest BCUT2D eigenvalue weighted by Crippen LogP contribution is -2.32. The molecule has 0 amide bonds. The highest BCUT2D eigenvalue weighted by Gasteiger charge is 2.25. The third-order valence-electron chi connectivity index (χ3n) is 5.42. The van der Waals surface area contributed by atoms with Crippen molar-refractivity contribution in [3.05, 3.63) is 72.1 Å². The van der Waals surface area contributed by atoms with E-state index in [1.54, 1.807) is 6.33 Å². The van der Waals surface area contributed by atoms with Crippen molar-refractivity contribution in [1.29, 1.82) is 0 Å². The van der Waals surface area contributed by atoms with Gasteiger partial charge in [0, 0.05) is 24.8 Å². The third-order valence-corrected chi connectivity index (χ3v) is 5.42. The molecule has 0 bridgehead atoms. The van der Waals surface area contributed by atoms with Gasteiger partial charge in [-0.05, 0) is 43.5 Å². The minimum atomic E-state index is 0.242. The van der Waals surface area contributed by atoms with Crippen LogP contribution in [0.1, 0.15) is 31.0 Å². The molecule has 146 valence electrons. The van der Waals surface area contributed by atoms with E-state index < -0.39 is 0 Å². The molecule has 0 unspecified atom stereocenters. The standard InChI is InChI=1S/C23H24N6/c1-16(2)29-22-20(21(24-15-25-22)26-19-10-4-3-5-11-19)27-23(29)28-13-12-17-8-6-7-9-18(17)14-28/h3-11,15-16H,12-14H2,1-2H3,(H,24,25,26). The number of hydrogen-bond donors (Lipinski definition) is 1. The Kier molecular flexibility index (Phi) is 4.39. The molecule has 0 saturated carbocycles. The first-order valence-corrected chi connectivity index (χ1v) is 10.1. The van der Waals surface area contributed by atoms with Crippen LogP contribution in [-0.2, 0) is 13.0 Å². The second kappa shape index (κ2) is 7.20. The van der Waals surface area contributed by atoms with Crippen molar-refractivity contribution >= 4 is 28.6 Å². The molecule has 6 heteroatoms. The Hall–Kier alpha value is -3.41. The lowest BCUT2D eigenvalue weighted by atomic mass is 10.0. The van der Waals surface area contributed by atoms with E-state index in [1.807, 2.05) is 30.3 Å². The molecule has 0 aliphatic carbocycles. The van der Waals surface area contributed by atoms with Gasteiger partial charge in [0.25, 0.3) is 0 Å². The van der Waals surface area contributed by atoms with E-state index in [0.29, 0.717) is 0 Å². The largest absolute Gasteiger partial charge is 0.338 e. The van der Waals surface area contributed by atoms with Crippen molar-refractivity contribution in [3.8, 4) is 0 Å². The summed E-state index contributed by atoms with van der Waals surface area (Å²) in [5.41, 5.74) is 5.46. The van der Waals surface area contributed by atoms with Crippen LogP contribution in [0.2, 0.25) is 0 Å². The van der Waals surface area contributed by atoms with Gasteiger partial charge in [-0.1, -0.05) is 42.5 Å². The van der Waals surface area contributed by atoms with E-state index in [2.05, 4.69) is 62.9 Å². The van der Waals surface area contributed by atoms with Crippen LogP contribution in [0.4, 0.5) is 17.5 Å². The molecule has 2 aromatic carbocycles. The van der Waals surface area contributed by atoms with E-state index in [4.69, 9.17) is 4.98 Å². The molecule has 5 rings (SSSR count). The molecule has 3 heterocycles. The zero-order chi connectivity index (χ0) is 19.8. The highest BCUT2D eigenvalue weighted by molar-refractivity contribution is 5.87. The SMILES string of the molecule is CC(C)n1c(N2CCc3ccccc3C2)nc2c(Nc3ccccc3)ncnc21. The van der Waals surface area contributed by atoms with Gasteiger partial charge in [-0.3, -0.25) is 4.57 Å². The molecule has 6 nitrogen and oxygen atoms in total. The fourth-order valence-corrected chi connectivity index (χ4v) is 4.01. The van der Waals surface area contributed by atoms with E-state index in [-0.39, 0.29) is 6.04 Å². The van der Waals surface area contributed by atoms with Crippen molar-refractivity contribution in [2.24, 2.45) is 0 Å². The lowest BCUT2D eigenvalue weighted by molar-refractivity contribution is 0.586. The maximum absolute atomic E-state index is 5.03. The van der Waals surface area contributed by atoms with Crippen LogP contribution in [-0.4, -0.2) is 26.1 Å². The maximum atomic E-state index is 5.03. The molecule has 1 N–H and O–H groups in total. The number of aromatic nitrogens is 4. The molecule has 1 aliphatic rings. The Labute approximate surface area is 170 Å². The highest BCUT2D eigenvalue weighted by Crippen LogP contribution is 2.32. The van der Waals surface area contributed by atoms with Gasteiger partial charge in [-0.2, -0.15) is 0 Å². The topological polar surface area (TPSA) is 58.9 Å². The predicted molar refractivity (Wildman–Crippen MR) is 117 cm³/mol. The van der Waals surface area contributed by atoms with Crippen molar-refractivity contribution in [2.45, 2.75) is 32.9 Å². The fourth-order valence-electron chi connectivity index (χ4n) is 4.01. The Bertz CT molecular complexity index is 1150. The van der Waals surface area contributed by atoms with Gasteiger partial charge >= 0.3 is 0 Å². The van der Waals surface area contributed by atoms with E-state index in [0.717, 1.165) is 48.1 Å². The van der Waals surface area contributed by atoms with Gasteiger partial charge in [0.05, 0.1) is 0 Å². The van der Waals surface area contributed by atoms with Gasteiger partial charge in [0.2, 0.25) is 5.95 Å². The normalized spacial score (nSPS) is 13.7. The zero-order valence-electron chi connectivity index (χ0n) is 16.7. The summed E-state index contributed by atoms with van der Waals surface area (Å²) in [7, 11) is 0. The Morgan fingerprint density at radius 1 is 0.931 bits per heavy atom. The van der Waals surface area contributed by atoms with Gasteiger partial charge in [-0.15, -0.1) is 0 Å². The molecule has 0 spiro atoms. The van der Waals surface area contributed by atoms with Crippen LogP contribution in [0.15, 0.2) is 60.9 Å². The number of rotatable bonds is 4. The van der Waals surface area contributed by atoms with Crippen molar-refractivity contribution < 1.29 is 0 Å². The minimum absolute atomic E-state index is 0.242. The predicted octanol–water partition coefficient (Wildman–Crippen LogP) is 4.71. The maximum Gasteiger partial charge on any atom is 0.208 e. The van der Waals surface area contributed by atoms with Crippen molar-refractivity contribution in [2.75, 3.05) is 16.8 Å². The summed E-state index contributed by atoms with van der Waals surface area (Å²) >= 11 is 0. The fraction of sp³-hybridized carbons (Fsp3) is 0.261. The van der Waals surface area contributed by atoms with Gasteiger partial charge in [0.15, 0.2) is 17.0 Å². The second-order valence-corrected chi connectivity index (χ2v) is 7.70. The molecule has 4 aromatic rings. The molecule has 2 aromatic heterocycles. The smallest absolute Gasteiger partial charge is 0.208 e. The Morgan fingerprint density at radius 3 is 2.48 bits per heavy atom. The number of imidazole rings is 1. The van der Waals surface area contributed by atoms with E-state index in [1.165, 1.54) is 11.1 Å². The lowest BCUT2D eigenvalue weighted by Gasteiger charge is -2.30. The summed E-state index contributed by atoms with van der Waals surface area (Å²) < 4.78 is 2.22. The number of anilines is 3. The van der Waals surface area contributed by atoms with Crippen LogP contribution in [0.3, 0.4) is 0 Å². The summed E-state index contributed by atoms with van der Waals surface area (Å²) in [6.45, 7) is 6.16.